The Morgan fingerprint density at radius 2 is 0.957 bits per heavy atom. The molecule has 4 N–H and O–H groups in total. The van der Waals surface area contributed by atoms with Gasteiger partial charge in [-0.15, -0.1) is 0 Å². The molecule has 10 heteroatoms. The van der Waals surface area contributed by atoms with Gasteiger partial charge in [-0.25, -0.2) is 9.59 Å². The Morgan fingerprint density at radius 1 is 0.609 bits per heavy atom. The maximum Gasteiger partial charge on any atom is 0.340 e. The average Bonchev–Trinajstić information content (AvgIpc) is 3.01. The highest BCUT2D eigenvalue weighted by molar-refractivity contribution is 6.08. The van der Waals surface area contributed by atoms with Crippen molar-refractivity contribution in [3.8, 4) is 11.5 Å². The summed E-state index contributed by atoms with van der Waals surface area (Å²) in [5.41, 5.74) is 13.9. The highest BCUT2D eigenvalue weighted by atomic mass is 16.6. The topological polar surface area (TPSA) is 157 Å². The number of carbonyl (C=O) groups is 4. The molecule has 46 heavy (non-hydrogen) atoms. The summed E-state index contributed by atoms with van der Waals surface area (Å²) in [7, 11) is 3.04. The predicted octanol–water partition coefficient (Wildman–Crippen LogP) is 5.49. The van der Waals surface area contributed by atoms with Crippen molar-refractivity contribution in [3.05, 3.63) is 107 Å². The number of hydrogen-bond donors (Lipinski definition) is 2. The van der Waals surface area contributed by atoms with E-state index in [2.05, 4.69) is 13.2 Å². The number of rotatable bonds is 10. The average molecular weight is 627 g/mol. The monoisotopic (exact) mass is 626 g/mol. The first-order chi connectivity index (χ1) is 21.7. The van der Waals surface area contributed by atoms with Crippen molar-refractivity contribution in [3.63, 3.8) is 0 Å². The van der Waals surface area contributed by atoms with Crippen LogP contribution in [0.1, 0.15) is 45.7 Å². The summed E-state index contributed by atoms with van der Waals surface area (Å²) in [4.78, 5) is 47.9. The third kappa shape index (κ3) is 7.89. The number of amides is 2. The number of esters is 2. The van der Waals surface area contributed by atoms with E-state index in [0.717, 1.165) is 32.7 Å². The van der Waals surface area contributed by atoms with E-state index in [-0.39, 0.29) is 0 Å². The standard InChI is InChI=1S/2C18H19NO4/c2*1-10(2)16(17(19)20)23-18(21)15-9-12(22-4)8-14-11(3)6-5-7-13(14)15/h2*5-9,16H,1H2,2-4H3,(H2,19,20)/t2*16-/m10/s1. The Kier molecular flexibility index (Phi) is 11.3. The zero-order chi connectivity index (χ0) is 34.3. The third-order valence-corrected chi connectivity index (χ3v) is 7.15. The smallest absolute Gasteiger partial charge is 0.340 e. The Labute approximate surface area is 267 Å². The fraction of sp³-hybridized carbons (Fsp3) is 0.222. The summed E-state index contributed by atoms with van der Waals surface area (Å²) in [5.74, 6) is -1.74. The number of benzene rings is 4. The first-order valence-electron chi connectivity index (χ1n) is 14.2. The molecule has 0 aliphatic rings. The maximum atomic E-state index is 12.5. The number of fused-ring (bicyclic) bond motifs is 2. The van der Waals surface area contributed by atoms with Gasteiger partial charge in [-0.3, -0.25) is 9.59 Å². The fourth-order valence-electron chi connectivity index (χ4n) is 4.74. The minimum Gasteiger partial charge on any atom is -0.497 e. The Hall–Kier alpha value is -5.64. The zero-order valence-electron chi connectivity index (χ0n) is 26.8. The van der Waals surface area contributed by atoms with Crippen molar-refractivity contribution < 1.29 is 38.1 Å². The van der Waals surface area contributed by atoms with Crippen LogP contribution < -0.4 is 20.9 Å². The van der Waals surface area contributed by atoms with Crippen molar-refractivity contribution in [2.75, 3.05) is 14.2 Å². The van der Waals surface area contributed by atoms with E-state index in [0.29, 0.717) is 33.8 Å². The molecule has 4 aromatic rings. The molecule has 0 spiro atoms. The van der Waals surface area contributed by atoms with E-state index in [9.17, 15) is 19.2 Å². The van der Waals surface area contributed by atoms with Crippen LogP contribution in [0.15, 0.2) is 85.0 Å². The van der Waals surface area contributed by atoms with E-state index in [4.69, 9.17) is 30.4 Å². The molecule has 0 heterocycles. The summed E-state index contributed by atoms with van der Waals surface area (Å²) in [6.45, 7) is 14.3. The van der Waals surface area contributed by atoms with Gasteiger partial charge in [0, 0.05) is 0 Å². The highest BCUT2D eigenvalue weighted by Crippen LogP contribution is 2.30. The van der Waals surface area contributed by atoms with Gasteiger partial charge in [-0.1, -0.05) is 49.6 Å². The molecule has 4 aromatic carbocycles. The molecule has 4 rings (SSSR count). The van der Waals surface area contributed by atoms with Crippen LogP contribution in [0.3, 0.4) is 0 Å². The summed E-state index contributed by atoms with van der Waals surface area (Å²) >= 11 is 0. The van der Waals surface area contributed by atoms with E-state index < -0.39 is 36.0 Å². The summed E-state index contributed by atoms with van der Waals surface area (Å²) in [5, 5.41) is 3.20. The number of aryl methyl sites for hydroxylation is 2. The molecule has 2 amide bonds. The number of methoxy groups -OCH3 is 2. The molecule has 0 aliphatic heterocycles. The minimum atomic E-state index is -1.16. The molecule has 0 unspecified atom stereocenters. The van der Waals surface area contributed by atoms with Crippen molar-refractivity contribution in [2.45, 2.75) is 39.9 Å². The predicted molar refractivity (Wildman–Crippen MR) is 177 cm³/mol. The molecule has 0 bridgehead atoms. The molecule has 0 radical (unpaired) electrons. The SMILES string of the molecule is C=C(C)[C@@H](OC(=O)c1cc(OC)cc2c(C)cccc12)C(N)=O.C=C(C)[C@H](OC(=O)c1cc(OC)cc2c(C)cccc12)C(N)=O. The van der Waals surface area contributed by atoms with Crippen LogP contribution in [0, 0.1) is 13.8 Å². The molecule has 0 aliphatic carbocycles. The number of ether oxygens (including phenoxy) is 4. The lowest BCUT2D eigenvalue weighted by Gasteiger charge is -2.16. The second-order valence-corrected chi connectivity index (χ2v) is 10.8. The molecule has 10 nitrogen and oxygen atoms in total. The van der Waals surface area contributed by atoms with Crippen molar-refractivity contribution >= 4 is 45.3 Å². The second-order valence-electron chi connectivity index (χ2n) is 10.8. The lowest BCUT2D eigenvalue weighted by Crippen LogP contribution is -2.34. The Balaban J connectivity index is 0.000000250. The van der Waals surface area contributed by atoms with Gasteiger partial charge in [-0.05, 0) is 95.8 Å². The molecule has 2 atom stereocenters. The van der Waals surface area contributed by atoms with Gasteiger partial charge in [0.05, 0.1) is 25.3 Å². The van der Waals surface area contributed by atoms with E-state index in [1.54, 1.807) is 26.0 Å². The Bertz CT molecular complexity index is 1700. The molecule has 0 saturated carbocycles. The van der Waals surface area contributed by atoms with Gasteiger partial charge in [0.15, 0.2) is 0 Å². The molecular formula is C36H38N2O8. The maximum absolute atomic E-state index is 12.5. The number of primary amides is 2. The number of hydrogen-bond acceptors (Lipinski definition) is 8. The van der Waals surface area contributed by atoms with Gasteiger partial charge >= 0.3 is 11.9 Å². The van der Waals surface area contributed by atoms with Gasteiger partial charge in [0.1, 0.15) is 11.5 Å². The lowest BCUT2D eigenvalue weighted by molar-refractivity contribution is -0.125. The molecule has 240 valence electrons. The Morgan fingerprint density at radius 3 is 1.24 bits per heavy atom. The summed E-state index contributed by atoms with van der Waals surface area (Å²) in [6.07, 6.45) is -2.32. The van der Waals surface area contributed by atoms with Gasteiger partial charge in [0.2, 0.25) is 12.2 Å². The zero-order valence-corrected chi connectivity index (χ0v) is 26.8. The lowest BCUT2D eigenvalue weighted by atomic mass is 10.00. The third-order valence-electron chi connectivity index (χ3n) is 7.15. The van der Waals surface area contributed by atoms with E-state index in [1.807, 2.05) is 62.4 Å². The van der Waals surface area contributed by atoms with Crippen LogP contribution in [-0.2, 0) is 19.1 Å². The van der Waals surface area contributed by atoms with Crippen molar-refractivity contribution in [2.24, 2.45) is 11.5 Å². The van der Waals surface area contributed by atoms with Crippen LogP contribution >= 0.6 is 0 Å². The fourth-order valence-corrected chi connectivity index (χ4v) is 4.74. The summed E-state index contributed by atoms with van der Waals surface area (Å²) < 4.78 is 21.0. The molecule has 0 saturated heterocycles. The molecule has 0 aromatic heterocycles. The van der Waals surface area contributed by atoms with E-state index >= 15 is 0 Å². The normalized spacial score (nSPS) is 11.8. The molecule has 0 fully saturated rings. The highest BCUT2D eigenvalue weighted by Gasteiger charge is 2.25. The largest absolute Gasteiger partial charge is 0.497 e. The minimum absolute atomic E-state index is 0.315. The van der Waals surface area contributed by atoms with Crippen molar-refractivity contribution in [1.29, 1.82) is 0 Å². The first-order valence-corrected chi connectivity index (χ1v) is 14.2. The number of carbonyl (C=O) groups excluding carboxylic acids is 4. The van der Waals surface area contributed by atoms with Gasteiger partial charge < -0.3 is 30.4 Å². The first kappa shape index (κ1) is 34.8. The van der Waals surface area contributed by atoms with Crippen LogP contribution in [0.5, 0.6) is 11.5 Å². The second kappa shape index (κ2) is 14.9. The number of nitrogens with two attached hydrogens (primary N) is 2. The molecular weight excluding hydrogens is 588 g/mol. The summed E-state index contributed by atoms with van der Waals surface area (Å²) in [6, 6.07) is 18.1. The van der Waals surface area contributed by atoms with Gasteiger partial charge in [0.25, 0.3) is 11.8 Å². The quantitative estimate of drug-likeness (QED) is 0.173. The van der Waals surface area contributed by atoms with Crippen LogP contribution in [-0.4, -0.2) is 50.2 Å². The van der Waals surface area contributed by atoms with Crippen molar-refractivity contribution in [1.82, 2.24) is 0 Å². The van der Waals surface area contributed by atoms with Crippen LogP contribution in [0.4, 0.5) is 0 Å². The van der Waals surface area contributed by atoms with Crippen LogP contribution in [0.2, 0.25) is 0 Å². The van der Waals surface area contributed by atoms with Crippen LogP contribution in [0.25, 0.3) is 21.5 Å². The van der Waals surface area contributed by atoms with Gasteiger partial charge in [-0.2, -0.15) is 0 Å². The van der Waals surface area contributed by atoms with E-state index in [1.165, 1.54) is 14.2 Å².